The summed E-state index contributed by atoms with van der Waals surface area (Å²) in [6, 6.07) is 11.2. The second-order valence-corrected chi connectivity index (χ2v) is 8.12. The van der Waals surface area contributed by atoms with Crippen molar-refractivity contribution in [3.63, 3.8) is 0 Å². The minimum Gasteiger partial charge on any atom is -0.352 e. The largest absolute Gasteiger partial charge is 0.352 e. The van der Waals surface area contributed by atoms with Gasteiger partial charge in [-0.25, -0.2) is 0 Å². The normalized spacial score (nSPS) is 33.2. The Hall–Kier alpha value is -1.06. The van der Waals surface area contributed by atoms with Gasteiger partial charge in [0.15, 0.2) is 0 Å². The van der Waals surface area contributed by atoms with E-state index < -0.39 is 0 Å². The molecule has 0 aliphatic heterocycles. The molecule has 3 N–H and O–H groups in total. The average Bonchev–Trinajstić information content (AvgIpc) is 3.30. The first kappa shape index (κ1) is 17.8. The number of fused-ring (bicyclic) bond motifs is 2. The van der Waals surface area contributed by atoms with Crippen LogP contribution >= 0.6 is 12.4 Å². The number of rotatable bonds is 4. The molecule has 3 aliphatic rings. The predicted molar refractivity (Wildman–Crippen MR) is 99.0 cm³/mol. The Kier molecular flexibility index (Phi) is 5.22. The van der Waals surface area contributed by atoms with Crippen LogP contribution in [0.4, 0.5) is 0 Å². The van der Waals surface area contributed by atoms with E-state index in [0.717, 1.165) is 32.1 Å². The van der Waals surface area contributed by atoms with Crippen molar-refractivity contribution in [1.29, 1.82) is 0 Å². The Labute approximate surface area is 151 Å². The summed E-state index contributed by atoms with van der Waals surface area (Å²) in [6.45, 7) is 0. The molecule has 3 nitrogen and oxygen atoms in total. The highest BCUT2D eigenvalue weighted by Crippen LogP contribution is 2.49. The molecule has 4 heteroatoms. The molecule has 4 rings (SSSR count). The second-order valence-electron chi connectivity index (χ2n) is 8.12. The number of nitrogens with two attached hydrogens (primary N) is 1. The summed E-state index contributed by atoms with van der Waals surface area (Å²) in [7, 11) is 0. The smallest absolute Gasteiger partial charge is 0.226 e. The molecule has 0 heterocycles. The van der Waals surface area contributed by atoms with Gasteiger partial charge in [0, 0.05) is 12.1 Å². The van der Waals surface area contributed by atoms with Gasteiger partial charge in [0.1, 0.15) is 0 Å². The lowest BCUT2D eigenvalue weighted by Gasteiger charge is -2.45. The van der Waals surface area contributed by atoms with E-state index in [1.807, 2.05) is 6.07 Å². The SMILES string of the molecule is Cl.NC1CC2CCCC(C1)C2NC(=O)C1(Cc2ccccc2)CC1. The van der Waals surface area contributed by atoms with Crippen molar-refractivity contribution in [2.24, 2.45) is 23.0 Å². The molecule has 1 aromatic rings. The first-order valence-corrected chi connectivity index (χ1v) is 9.27. The molecular formula is C20H29ClN2O. The Morgan fingerprint density at radius 2 is 1.75 bits per heavy atom. The molecule has 132 valence electrons. The van der Waals surface area contributed by atoms with Gasteiger partial charge in [-0.05, 0) is 62.3 Å². The Morgan fingerprint density at radius 3 is 2.33 bits per heavy atom. The van der Waals surface area contributed by atoms with Gasteiger partial charge in [0.2, 0.25) is 5.91 Å². The molecule has 24 heavy (non-hydrogen) atoms. The minimum absolute atomic E-state index is 0. The van der Waals surface area contributed by atoms with Crippen molar-refractivity contribution in [3.05, 3.63) is 35.9 Å². The third-order valence-electron chi connectivity index (χ3n) is 6.39. The Morgan fingerprint density at radius 1 is 1.12 bits per heavy atom. The monoisotopic (exact) mass is 348 g/mol. The maximum atomic E-state index is 13.0. The van der Waals surface area contributed by atoms with Gasteiger partial charge in [-0.3, -0.25) is 4.79 Å². The number of halogens is 1. The fraction of sp³-hybridized carbons (Fsp3) is 0.650. The number of nitrogens with one attached hydrogen (secondary N) is 1. The van der Waals surface area contributed by atoms with E-state index in [-0.39, 0.29) is 17.8 Å². The van der Waals surface area contributed by atoms with Crippen molar-refractivity contribution < 1.29 is 4.79 Å². The Bertz CT molecular complexity index is 558. The van der Waals surface area contributed by atoms with Crippen LogP contribution in [0.1, 0.15) is 50.5 Å². The van der Waals surface area contributed by atoms with Gasteiger partial charge in [0.25, 0.3) is 0 Å². The van der Waals surface area contributed by atoms with Gasteiger partial charge in [-0.1, -0.05) is 36.8 Å². The number of benzene rings is 1. The van der Waals surface area contributed by atoms with E-state index in [0.29, 0.717) is 29.8 Å². The highest BCUT2D eigenvalue weighted by atomic mass is 35.5. The van der Waals surface area contributed by atoms with Crippen LogP contribution in [0.15, 0.2) is 30.3 Å². The number of amides is 1. The van der Waals surface area contributed by atoms with Crippen molar-refractivity contribution in [2.75, 3.05) is 0 Å². The average molecular weight is 349 g/mol. The van der Waals surface area contributed by atoms with Gasteiger partial charge in [0.05, 0.1) is 5.41 Å². The van der Waals surface area contributed by atoms with Crippen LogP contribution in [0.2, 0.25) is 0 Å². The van der Waals surface area contributed by atoms with Crippen molar-refractivity contribution >= 4 is 18.3 Å². The number of carbonyl (C=O) groups is 1. The van der Waals surface area contributed by atoms with E-state index in [2.05, 4.69) is 29.6 Å². The van der Waals surface area contributed by atoms with Gasteiger partial charge in [-0.15, -0.1) is 12.4 Å². The summed E-state index contributed by atoms with van der Waals surface area (Å²) >= 11 is 0. The maximum Gasteiger partial charge on any atom is 0.226 e. The third-order valence-corrected chi connectivity index (χ3v) is 6.39. The zero-order valence-electron chi connectivity index (χ0n) is 14.2. The summed E-state index contributed by atoms with van der Waals surface area (Å²) in [6.07, 6.45) is 8.93. The van der Waals surface area contributed by atoms with Crippen molar-refractivity contribution in [3.8, 4) is 0 Å². The lowest BCUT2D eigenvalue weighted by atomic mass is 9.67. The molecule has 2 atom stereocenters. The van der Waals surface area contributed by atoms with Crippen LogP contribution in [0.5, 0.6) is 0 Å². The first-order valence-electron chi connectivity index (χ1n) is 9.27. The van der Waals surface area contributed by atoms with Crippen LogP contribution < -0.4 is 11.1 Å². The highest BCUT2D eigenvalue weighted by molar-refractivity contribution is 5.86. The second kappa shape index (κ2) is 7.05. The predicted octanol–water partition coefficient (Wildman–Crippen LogP) is 3.45. The topological polar surface area (TPSA) is 55.1 Å². The molecule has 3 aliphatic carbocycles. The van der Waals surface area contributed by atoms with Crippen molar-refractivity contribution in [2.45, 2.75) is 63.5 Å². The standard InChI is InChI=1S/C20H28N2O.ClH/c21-17-11-15-7-4-8-16(12-17)18(15)22-19(23)20(9-10-20)13-14-5-2-1-3-6-14;/h1-3,5-6,15-18H,4,7-13,21H2,(H,22,23);1H. The summed E-state index contributed by atoms with van der Waals surface area (Å²) in [4.78, 5) is 13.0. The molecule has 2 unspecified atom stereocenters. The molecule has 0 radical (unpaired) electrons. The van der Waals surface area contributed by atoms with Crippen LogP contribution in [0, 0.1) is 17.3 Å². The summed E-state index contributed by atoms with van der Waals surface area (Å²) in [5.74, 6) is 1.52. The maximum absolute atomic E-state index is 13.0. The molecule has 0 saturated heterocycles. The molecular weight excluding hydrogens is 320 g/mol. The zero-order valence-corrected chi connectivity index (χ0v) is 15.1. The van der Waals surface area contributed by atoms with E-state index in [9.17, 15) is 4.79 Å². The van der Waals surface area contributed by atoms with E-state index in [4.69, 9.17) is 5.73 Å². The quantitative estimate of drug-likeness (QED) is 0.875. The molecule has 0 spiro atoms. The number of hydrogen-bond donors (Lipinski definition) is 2. The van der Waals surface area contributed by atoms with Crippen LogP contribution in [0.3, 0.4) is 0 Å². The molecule has 1 aromatic carbocycles. The third kappa shape index (κ3) is 3.48. The lowest BCUT2D eigenvalue weighted by molar-refractivity contribution is -0.128. The lowest BCUT2D eigenvalue weighted by Crippen LogP contribution is -2.55. The van der Waals surface area contributed by atoms with Crippen LogP contribution in [0.25, 0.3) is 0 Å². The van der Waals surface area contributed by atoms with Gasteiger partial charge in [-0.2, -0.15) is 0 Å². The van der Waals surface area contributed by atoms with E-state index in [1.165, 1.54) is 24.8 Å². The molecule has 2 bridgehead atoms. The van der Waals surface area contributed by atoms with Gasteiger partial charge >= 0.3 is 0 Å². The fourth-order valence-electron chi connectivity index (χ4n) is 4.95. The fourth-order valence-corrected chi connectivity index (χ4v) is 4.95. The zero-order chi connectivity index (χ0) is 15.9. The molecule has 3 fully saturated rings. The minimum atomic E-state index is -0.130. The van der Waals surface area contributed by atoms with E-state index >= 15 is 0 Å². The summed E-state index contributed by atoms with van der Waals surface area (Å²) in [5.41, 5.74) is 7.36. The molecule has 3 saturated carbocycles. The van der Waals surface area contributed by atoms with Crippen LogP contribution in [-0.2, 0) is 11.2 Å². The van der Waals surface area contributed by atoms with Crippen LogP contribution in [-0.4, -0.2) is 18.0 Å². The molecule has 1 amide bonds. The van der Waals surface area contributed by atoms with Crippen molar-refractivity contribution in [1.82, 2.24) is 5.32 Å². The first-order chi connectivity index (χ1) is 11.2. The summed E-state index contributed by atoms with van der Waals surface area (Å²) < 4.78 is 0. The number of hydrogen-bond acceptors (Lipinski definition) is 2. The summed E-state index contributed by atoms with van der Waals surface area (Å²) in [5, 5.41) is 3.47. The Balaban J connectivity index is 0.00000169. The highest BCUT2D eigenvalue weighted by Gasteiger charge is 2.51. The van der Waals surface area contributed by atoms with E-state index in [1.54, 1.807) is 0 Å². The molecule has 0 aromatic heterocycles. The number of carbonyl (C=O) groups excluding carboxylic acids is 1. The van der Waals surface area contributed by atoms with Gasteiger partial charge < -0.3 is 11.1 Å².